The van der Waals surface area contributed by atoms with Crippen molar-refractivity contribution in [2.45, 2.75) is 18.0 Å². The van der Waals surface area contributed by atoms with Gasteiger partial charge < -0.3 is 26.0 Å². The third-order valence-corrected chi connectivity index (χ3v) is 5.84. The summed E-state index contributed by atoms with van der Waals surface area (Å²) < 4.78 is 1.77. The Morgan fingerprint density at radius 3 is 2.74 bits per heavy atom. The van der Waals surface area contributed by atoms with Crippen molar-refractivity contribution in [3.8, 4) is 0 Å². The van der Waals surface area contributed by atoms with Crippen molar-refractivity contribution in [1.29, 1.82) is 0 Å². The van der Waals surface area contributed by atoms with E-state index in [-0.39, 0.29) is 36.7 Å². The van der Waals surface area contributed by atoms with Crippen LogP contribution < -0.4 is 15.2 Å². The smallest absolute Gasteiger partial charge is 0.352 e. The van der Waals surface area contributed by atoms with Crippen LogP contribution in [0.2, 0.25) is 0 Å². The van der Waals surface area contributed by atoms with Crippen LogP contribution in [0.25, 0.3) is 0 Å². The highest BCUT2D eigenvalue weighted by Crippen LogP contribution is 2.39. The minimum absolute atomic E-state index is 0.00103. The van der Waals surface area contributed by atoms with E-state index < -0.39 is 12.0 Å². The number of nitrogens with two attached hydrogens (primary N) is 1. The fraction of sp³-hybridized carbons (Fsp3) is 0.500. The second-order valence-electron chi connectivity index (χ2n) is 6.21. The quantitative estimate of drug-likeness (QED) is 0.283. The fourth-order valence-electron chi connectivity index (χ4n) is 3.19. The molecule has 3 rings (SSSR count). The number of carbonyl (C=O) groups excluding carboxylic acids is 1. The first-order valence-electron chi connectivity index (χ1n) is 8.45. The van der Waals surface area contributed by atoms with Gasteiger partial charge in [0.2, 0.25) is 12.1 Å². The van der Waals surface area contributed by atoms with E-state index in [9.17, 15) is 24.9 Å². The number of carboxylic acid groups (broad SMARTS) is 1. The molecule has 2 aliphatic rings. The summed E-state index contributed by atoms with van der Waals surface area (Å²) in [6.45, 7) is 0.749. The summed E-state index contributed by atoms with van der Waals surface area (Å²) >= 11 is 1.45. The number of anilines is 1. The van der Waals surface area contributed by atoms with Crippen LogP contribution in [0, 0.1) is 0 Å². The molecular weight excluding hydrogens is 374 g/mol. The van der Waals surface area contributed by atoms with Crippen molar-refractivity contribution in [2.24, 2.45) is 5.73 Å². The number of aliphatic carboxylic acids is 1. The standard InChI is InChI=1S/C16H21N5O5S/c17-12-14(24)21-13(16(25)26)10(9-27-15(12)21)7-19-2-1-18-11(8-19)20(3-5-22)4-6-23/h1-2,8,12,15,22-23H,3-7,9,17H2/p+1/t12?,15-/m0/s1. The Morgan fingerprint density at radius 2 is 2.11 bits per heavy atom. The molecular formula is C16H22N5O5S+. The summed E-state index contributed by atoms with van der Waals surface area (Å²) in [7, 11) is 0. The lowest BCUT2D eigenvalue weighted by molar-refractivity contribution is -0.688. The summed E-state index contributed by atoms with van der Waals surface area (Å²) in [5, 5.41) is 27.6. The van der Waals surface area contributed by atoms with Crippen LogP contribution >= 0.6 is 11.8 Å². The summed E-state index contributed by atoms with van der Waals surface area (Å²) in [6, 6.07) is -0.656. The van der Waals surface area contributed by atoms with E-state index in [1.165, 1.54) is 16.7 Å². The van der Waals surface area contributed by atoms with Gasteiger partial charge in [0.05, 0.1) is 19.4 Å². The van der Waals surface area contributed by atoms with Crippen molar-refractivity contribution in [2.75, 3.05) is 37.0 Å². The molecule has 0 aromatic carbocycles. The van der Waals surface area contributed by atoms with Crippen LogP contribution in [0.1, 0.15) is 0 Å². The van der Waals surface area contributed by atoms with Gasteiger partial charge in [-0.2, -0.15) is 4.57 Å². The second-order valence-corrected chi connectivity index (χ2v) is 7.32. The number of amides is 1. The maximum atomic E-state index is 12.0. The molecule has 2 atom stereocenters. The maximum absolute atomic E-state index is 12.0. The Kier molecular flexibility index (Phi) is 5.95. The number of rotatable bonds is 8. The van der Waals surface area contributed by atoms with Gasteiger partial charge in [0, 0.05) is 24.4 Å². The number of fused-ring (bicyclic) bond motifs is 1. The molecule has 1 aromatic rings. The van der Waals surface area contributed by atoms with Crippen LogP contribution in [-0.2, 0) is 16.1 Å². The summed E-state index contributed by atoms with van der Waals surface area (Å²) in [6.07, 6.45) is 4.99. The normalized spacial score (nSPS) is 21.7. The van der Waals surface area contributed by atoms with E-state index >= 15 is 0 Å². The molecule has 1 saturated heterocycles. The first-order valence-corrected chi connectivity index (χ1v) is 9.50. The van der Waals surface area contributed by atoms with Crippen LogP contribution in [0.4, 0.5) is 5.82 Å². The first-order chi connectivity index (χ1) is 13.0. The number of nitrogens with zero attached hydrogens (tertiary/aromatic N) is 4. The Morgan fingerprint density at radius 1 is 1.41 bits per heavy atom. The van der Waals surface area contributed by atoms with Crippen LogP contribution in [0.3, 0.4) is 0 Å². The summed E-state index contributed by atoms with van der Waals surface area (Å²) in [5.41, 5.74) is 6.37. The Labute approximate surface area is 159 Å². The van der Waals surface area contributed by atoms with Crippen LogP contribution in [0.5, 0.6) is 0 Å². The molecule has 5 N–H and O–H groups in total. The van der Waals surface area contributed by atoms with Gasteiger partial charge in [0.15, 0.2) is 18.6 Å². The Hall–Kier alpha value is -2.21. The molecule has 27 heavy (non-hydrogen) atoms. The topological polar surface area (TPSA) is 144 Å². The molecule has 10 nitrogen and oxygen atoms in total. The predicted octanol–water partition coefficient (Wildman–Crippen LogP) is -2.26. The number of β-lactam (4-membered cyclic amide) rings is 1. The van der Waals surface area contributed by atoms with E-state index in [0.717, 1.165) is 0 Å². The van der Waals surface area contributed by atoms with Crippen molar-refractivity contribution in [3.63, 3.8) is 0 Å². The Bertz CT molecular complexity index is 767. The molecule has 3 heterocycles. The number of hydrogen-bond donors (Lipinski definition) is 4. The molecule has 2 aliphatic heterocycles. The van der Waals surface area contributed by atoms with E-state index in [1.807, 2.05) is 0 Å². The van der Waals surface area contributed by atoms with Gasteiger partial charge in [-0.05, 0) is 0 Å². The molecule has 146 valence electrons. The third kappa shape index (κ3) is 3.76. The predicted molar refractivity (Wildman–Crippen MR) is 96.5 cm³/mol. The molecule has 1 unspecified atom stereocenters. The molecule has 11 heteroatoms. The minimum Gasteiger partial charge on any atom is -0.477 e. The van der Waals surface area contributed by atoms with Gasteiger partial charge in [-0.15, -0.1) is 11.8 Å². The molecule has 1 aromatic heterocycles. The van der Waals surface area contributed by atoms with Gasteiger partial charge >= 0.3 is 5.97 Å². The highest BCUT2D eigenvalue weighted by atomic mass is 32.2. The molecule has 1 amide bonds. The van der Waals surface area contributed by atoms with Gasteiger partial charge in [-0.25, -0.2) is 9.78 Å². The largest absolute Gasteiger partial charge is 0.477 e. The number of carbonyl (C=O) groups is 2. The lowest BCUT2D eigenvalue weighted by atomic mass is 10.0. The van der Waals surface area contributed by atoms with E-state index in [0.29, 0.717) is 30.2 Å². The Balaban J connectivity index is 1.86. The van der Waals surface area contributed by atoms with Gasteiger partial charge in [0.1, 0.15) is 17.1 Å². The SMILES string of the molecule is NC1C(=O)N2C(C(=O)O)=C(C[n+]3ccnc(N(CCO)CCO)c3)CS[C@@H]12. The zero-order valence-corrected chi connectivity index (χ0v) is 15.4. The third-order valence-electron chi connectivity index (χ3n) is 4.47. The number of thioether (sulfide) groups is 1. The van der Waals surface area contributed by atoms with Crippen LogP contribution in [0.15, 0.2) is 29.9 Å². The number of hydrogen-bond acceptors (Lipinski definition) is 8. The average Bonchev–Trinajstić information content (AvgIpc) is 2.66. The van der Waals surface area contributed by atoms with Gasteiger partial charge in [-0.1, -0.05) is 0 Å². The lowest BCUT2D eigenvalue weighted by Gasteiger charge is -2.47. The highest BCUT2D eigenvalue weighted by molar-refractivity contribution is 8.00. The number of aromatic nitrogens is 2. The summed E-state index contributed by atoms with van der Waals surface area (Å²) in [5.74, 6) is -0.500. The van der Waals surface area contributed by atoms with E-state index in [4.69, 9.17) is 5.73 Å². The van der Waals surface area contributed by atoms with E-state index in [1.54, 1.807) is 28.1 Å². The van der Waals surface area contributed by atoms with Crippen molar-refractivity contribution in [3.05, 3.63) is 29.9 Å². The van der Waals surface area contributed by atoms with Crippen molar-refractivity contribution >= 4 is 29.5 Å². The average molecular weight is 396 g/mol. The molecule has 1 fully saturated rings. The molecule has 0 saturated carbocycles. The first kappa shape index (κ1) is 19.5. The van der Waals surface area contributed by atoms with E-state index in [2.05, 4.69) is 4.98 Å². The van der Waals surface area contributed by atoms with Gasteiger partial charge in [0.25, 0.3) is 0 Å². The van der Waals surface area contributed by atoms with Crippen LogP contribution in [-0.4, -0.2) is 80.6 Å². The van der Waals surface area contributed by atoms with Crippen molar-refractivity contribution < 1.29 is 29.5 Å². The fourth-order valence-corrected chi connectivity index (χ4v) is 4.47. The zero-order chi connectivity index (χ0) is 19.6. The second kappa shape index (κ2) is 8.21. The molecule has 0 radical (unpaired) electrons. The highest BCUT2D eigenvalue weighted by Gasteiger charge is 2.52. The molecule has 0 aliphatic carbocycles. The zero-order valence-electron chi connectivity index (χ0n) is 14.6. The molecule has 0 bridgehead atoms. The number of carboxylic acids is 1. The lowest BCUT2D eigenvalue weighted by Crippen LogP contribution is -2.68. The monoisotopic (exact) mass is 396 g/mol. The van der Waals surface area contributed by atoms with Gasteiger partial charge in [-0.3, -0.25) is 9.69 Å². The summed E-state index contributed by atoms with van der Waals surface area (Å²) in [4.78, 5) is 31.0. The number of aliphatic hydroxyl groups excluding tert-OH is 2. The van der Waals surface area contributed by atoms with Crippen molar-refractivity contribution in [1.82, 2.24) is 9.88 Å². The minimum atomic E-state index is -1.15. The number of aliphatic hydroxyl groups is 2. The maximum Gasteiger partial charge on any atom is 0.352 e. The molecule has 0 spiro atoms.